The van der Waals surface area contributed by atoms with Crippen molar-refractivity contribution in [2.75, 3.05) is 13.2 Å². The Morgan fingerprint density at radius 1 is 0.852 bits per heavy atom. The van der Waals surface area contributed by atoms with E-state index >= 15 is 0 Å². The molecule has 4 aliphatic rings. The van der Waals surface area contributed by atoms with Gasteiger partial charge in [0.2, 0.25) is 0 Å². The zero-order valence-electron chi connectivity index (χ0n) is 31.3. The second-order valence-electron chi connectivity index (χ2n) is 14.8. The van der Waals surface area contributed by atoms with E-state index < -0.39 is 119 Å². The van der Waals surface area contributed by atoms with Gasteiger partial charge in [-0.05, 0) is 24.1 Å². The van der Waals surface area contributed by atoms with Crippen LogP contribution >= 0.6 is 0 Å². The number of fused-ring (bicyclic) bond motifs is 1. The highest BCUT2D eigenvalue weighted by molar-refractivity contribution is 5.91. The van der Waals surface area contributed by atoms with E-state index in [2.05, 4.69) is 6.58 Å². The number of ketones is 1. The van der Waals surface area contributed by atoms with Crippen molar-refractivity contribution in [3.05, 3.63) is 54.1 Å². The molecule has 1 saturated heterocycles. The third kappa shape index (κ3) is 6.61. The maximum absolute atomic E-state index is 14.1. The van der Waals surface area contributed by atoms with Gasteiger partial charge in [0.05, 0.1) is 12.0 Å². The summed E-state index contributed by atoms with van der Waals surface area (Å²) in [6, 6.07) is 8.91. The lowest BCUT2D eigenvalue weighted by Crippen LogP contribution is -2.89. The summed E-state index contributed by atoms with van der Waals surface area (Å²) >= 11 is 0. The van der Waals surface area contributed by atoms with Crippen molar-refractivity contribution < 1.29 is 71.8 Å². The van der Waals surface area contributed by atoms with Crippen LogP contribution in [0.15, 0.2) is 48.6 Å². The number of esters is 6. The Labute approximate surface area is 312 Å². The smallest absolute Gasteiger partial charge is 0.331 e. The molecule has 1 aromatic rings. The molecule has 0 amide bonds. The zero-order valence-corrected chi connectivity index (χ0v) is 31.3. The monoisotopic (exact) mass is 754 g/mol. The number of ether oxygens (including phenoxy) is 7. The van der Waals surface area contributed by atoms with E-state index in [1.54, 1.807) is 31.2 Å². The first-order valence-corrected chi connectivity index (χ1v) is 17.6. The van der Waals surface area contributed by atoms with Gasteiger partial charge in [0.15, 0.2) is 29.2 Å². The van der Waals surface area contributed by atoms with Crippen LogP contribution in [0.4, 0.5) is 0 Å². The number of aliphatic hydroxyl groups is 1. The number of rotatable bonds is 9. The van der Waals surface area contributed by atoms with Gasteiger partial charge in [-0.3, -0.25) is 28.8 Å². The lowest BCUT2D eigenvalue weighted by atomic mass is 9.40. The first kappa shape index (κ1) is 40.3. The van der Waals surface area contributed by atoms with Gasteiger partial charge in [-0.1, -0.05) is 43.8 Å². The van der Waals surface area contributed by atoms with Crippen molar-refractivity contribution in [3.8, 4) is 0 Å². The average molecular weight is 755 g/mol. The molecule has 15 nitrogen and oxygen atoms in total. The van der Waals surface area contributed by atoms with Gasteiger partial charge < -0.3 is 38.3 Å². The van der Waals surface area contributed by atoms with Crippen molar-refractivity contribution >= 4 is 47.7 Å². The van der Waals surface area contributed by atoms with E-state index in [0.717, 1.165) is 34.6 Å². The van der Waals surface area contributed by atoms with E-state index in [-0.39, 0.29) is 18.6 Å². The number of carbonyl (C=O) groups is 7. The molecule has 3 aliphatic carbocycles. The van der Waals surface area contributed by atoms with Crippen LogP contribution in [-0.4, -0.2) is 102 Å². The highest BCUT2D eigenvalue weighted by Gasteiger charge is 2.84. The van der Waals surface area contributed by atoms with Crippen LogP contribution < -0.4 is 0 Å². The zero-order chi connectivity index (χ0) is 40.0. The average Bonchev–Trinajstić information content (AvgIpc) is 3.06. The summed E-state index contributed by atoms with van der Waals surface area (Å²) in [5.74, 6) is -8.40. The fourth-order valence-corrected chi connectivity index (χ4v) is 9.34. The lowest BCUT2D eigenvalue weighted by Gasteiger charge is -2.73. The van der Waals surface area contributed by atoms with Crippen LogP contribution in [0, 0.1) is 22.7 Å². The normalized spacial score (nSPS) is 36.9. The van der Waals surface area contributed by atoms with Crippen molar-refractivity contribution in [2.45, 2.75) is 103 Å². The van der Waals surface area contributed by atoms with Gasteiger partial charge in [-0.25, -0.2) is 4.79 Å². The maximum Gasteiger partial charge on any atom is 0.331 e. The second-order valence-corrected chi connectivity index (χ2v) is 14.8. The molecule has 0 aromatic heterocycles. The van der Waals surface area contributed by atoms with Gasteiger partial charge in [-0.2, -0.15) is 0 Å². The molecule has 1 aromatic carbocycles. The third-order valence-corrected chi connectivity index (χ3v) is 11.5. The Balaban J connectivity index is 1.84. The Morgan fingerprint density at radius 3 is 1.98 bits per heavy atom. The molecular formula is C39H46O15. The molecule has 292 valence electrons. The van der Waals surface area contributed by atoms with E-state index in [0.29, 0.717) is 5.56 Å². The highest BCUT2D eigenvalue weighted by atomic mass is 16.6. The minimum absolute atomic E-state index is 0.0677. The SMILES string of the molecule is C=C1[C@@H](OC(=O)/C=C\c2ccccc2)C[C@H](OC(C)=O)[C@@]2(COC(C)=O)[C@@H](OC(C)=O)[C@H](OC(C)=O)[C@]34OC[C@]3(C)[C@@H](CC(=O)[C@@]4(C)O)[C@@H](OC(C)=O)[C@H]12. The van der Waals surface area contributed by atoms with E-state index in [4.69, 9.17) is 33.2 Å². The molecule has 0 radical (unpaired) electrons. The fraction of sp³-hybridized carbons (Fsp3) is 0.564. The number of hydrogen-bond donors (Lipinski definition) is 1. The van der Waals surface area contributed by atoms with Gasteiger partial charge in [0.25, 0.3) is 0 Å². The van der Waals surface area contributed by atoms with Gasteiger partial charge in [0.1, 0.15) is 24.9 Å². The fourth-order valence-electron chi connectivity index (χ4n) is 9.34. The second kappa shape index (κ2) is 14.7. The summed E-state index contributed by atoms with van der Waals surface area (Å²) in [7, 11) is 0. The molecule has 3 saturated carbocycles. The molecule has 2 bridgehead atoms. The predicted octanol–water partition coefficient (Wildman–Crippen LogP) is 2.59. The van der Waals surface area contributed by atoms with Crippen LogP contribution in [0.1, 0.15) is 66.9 Å². The number of benzene rings is 1. The predicted molar refractivity (Wildman–Crippen MR) is 184 cm³/mol. The molecule has 0 spiro atoms. The van der Waals surface area contributed by atoms with Gasteiger partial charge in [-0.15, -0.1) is 0 Å². The van der Waals surface area contributed by atoms with Crippen LogP contribution in [-0.2, 0) is 66.7 Å². The van der Waals surface area contributed by atoms with Crippen LogP contribution in [0.3, 0.4) is 0 Å². The number of carbonyl (C=O) groups excluding carboxylic acids is 7. The highest BCUT2D eigenvalue weighted by Crippen LogP contribution is 2.69. The van der Waals surface area contributed by atoms with Crippen LogP contribution in [0.25, 0.3) is 6.08 Å². The molecule has 4 fully saturated rings. The van der Waals surface area contributed by atoms with Gasteiger partial charge >= 0.3 is 35.8 Å². The standard InChI is InChI=1S/C39H46O15/c1-20-28(54-31(46)15-14-26-12-10-9-11-13-26)17-30(50-22(3)41)38(19-48-21(2)40)32(20)33(51-23(4)42)27-16-29(45)37(8,47)39(36(27,7)18-49-39)35(53-25(6)44)34(38)52-24(5)43/h9-15,27-28,30,32-35,47H,1,16-19H2,2-8H3/b15-14-/t27-,28-,30-,32-,33+,34-,35-,36+,37+,38+,39-/m0/s1. The maximum atomic E-state index is 14.1. The molecule has 11 atom stereocenters. The molecule has 1 heterocycles. The molecule has 54 heavy (non-hydrogen) atoms. The lowest BCUT2D eigenvalue weighted by molar-refractivity contribution is -0.407. The number of hydrogen-bond acceptors (Lipinski definition) is 15. The van der Waals surface area contributed by atoms with Crippen molar-refractivity contribution in [1.29, 1.82) is 0 Å². The van der Waals surface area contributed by atoms with Gasteiger partial charge in [0, 0.05) is 70.8 Å². The first-order valence-electron chi connectivity index (χ1n) is 17.6. The van der Waals surface area contributed by atoms with Crippen LogP contribution in [0.5, 0.6) is 0 Å². The summed E-state index contributed by atoms with van der Waals surface area (Å²) in [5.41, 5.74) is -7.22. The minimum atomic E-state index is -2.41. The van der Waals surface area contributed by atoms with Crippen molar-refractivity contribution in [1.82, 2.24) is 0 Å². The summed E-state index contributed by atoms with van der Waals surface area (Å²) in [6.07, 6.45) is -5.97. The van der Waals surface area contributed by atoms with Crippen LogP contribution in [0.2, 0.25) is 0 Å². The van der Waals surface area contributed by atoms with E-state index in [1.165, 1.54) is 19.1 Å². The molecule has 0 unspecified atom stereocenters. The minimum Gasteiger partial charge on any atom is -0.465 e. The molecule has 5 rings (SSSR count). The summed E-state index contributed by atoms with van der Waals surface area (Å²) in [4.78, 5) is 92.6. The van der Waals surface area contributed by atoms with E-state index in [9.17, 15) is 38.7 Å². The molecule has 1 N–H and O–H groups in total. The first-order chi connectivity index (χ1) is 25.2. The quantitative estimate of drug-likeness (QED) is 0.167. The number of Topliss-reactive ketones (excluding diaryl/α,β-unsaturated/α-hetero) is 1. The third-order valence-electron chi connectivity index (χ3n) is 11.5. The Hall–Kier alpha value is -4.89. The molecular weight excluding hydrogens is 708 g/mol. The molecule has 1 aliphatic heterocycles. The largest absolute Gasteiger partial charge is 0.465 e. The topological polar surface area (TPSA) is 204 Å². The Kier molecular flexibility index (Phi) is 11.0. The summed E-state index contributed by atoms with van der Waals surface area (Å²) in [6.45, 7) is 11.8. The van der Waals surface area contributed by atoms with E-state index in [1.807, 2.05) is 6.07 Å². The van der Waals surface area contributed by atoms with Crippen molar-refractivity contribution in [2.24, 2.45) is 22.7 Å². The van der Waals surface area contributed by atoms with Crippen molar-refractivity contribution in [3.63, 3.8) is 0 Å². The summed E-state index contributed by atoms with van der Waals surface area (Å²) < 4.78 is 42.0. The Morgan fingerprint density at radius 2 is 1.44 bits per heavy atom. The molecule has 15 heteroatoms. The summed E-state index contributed by atoms with van der Waals surface area (Å²) in [5, 5.41) is 12.2. The Bertz CT molecular complexity index is 1770.